The lowest BCUT2D eigenvalue weighted by Crippen LogP contribution is -1.99. The Balaban J connectivity index is 2.49. The van der Waals surface area contributed by atoms with Crippen LogP contribution in [0.3, 0.4) is 0 Å². The molecule has 0 saturated heterocycles. The van der Waals surface area contributed by atoms with E-state index < -0.39 is 11.9 Å². The number of ether oxygens (including phenoxy) is 1. The van der Waals surface area contributed by atoms with Crippen LogP contribution in [0, 0.1) is 0 Å². The van der Waals surface area contributed by atoms with E-state index in [-0.39, 0.29) is 5.69 Å². The van der Waals surface area contributed by atoms with Crippen LogP contribution in [0.4, 0.5) is 0 Å². The first-order valence-corrected chi connectivity index (χ1v) is 4.14. The number of hydrogen-bond acceptors (Lipinski definition) is 3. The molecule has 3 rings (SSSR count). The number of carbonyl (C=O) groups excluding carboxylic acids is 2. The molecule has 1 aromatic carbocycles. The third-order valence-electron chi connectivity index (χ3n) is 2.30. The number of benzene rings is 1. The molecule has 4 heteroatoms. The average Bonchev–Trinajstić information content (AvgIpc) is 2.66. The van der Waals surface area contributed by atoms with Crippen LogP contribution in [0.1, 0.15) is 20.8 Å². The minimum Gasteiger partial charge on any atom is -0.385 e. The number of hydrogen-bond donors (Lipinski definition) is 1. The SMILES string of the molecule is O=C1OC(=O)c2c1[nH]c1ccccc21. The monoisotopic (exact) mass is 187 g/mol. The summed E-state index contributed by atoms with van der Waals surface area (Å²) in [5.41, 5.74) is 1.39. The van der Waals surface area contributed by atoms with Gasteiger partial charge >= 0.3 is 11.9 Å². The lowest BCUT2D eigenvalue weighted by Gasteiger charge is -1.91. The fourth-order valence-electron chi connectivity index (χ4n) is 1.69. The summed E-state index contributed by atoms with van der Waals surface area (Å²) in [7, 11) is 0. The molecule has 0 atom stereocenters. The molecule has 1 aromatic heterocycles. The van der Waals surface area contributed by atoms with Gasteiger partial charge in [-0.3, -0.25) is 0 Å². The summed E-state index contributed by atoms with van der Waals surface area (Å²) < 4.78 is 4.47. The molecule has 0 unspecified atom stereocenters. The summed E-state index contributed by atoms with van der Waals surface area (Å²) in [6.07, 6.45) is 0. The first-order valence-electron chi connectivity index (χ1n) is 4.14. The second-order valence-corrected chi connectivity index (χ2v) is 3.10. The van der Waals surface area contributed by atoms with Gasteiger partial charge < -0.3 is 9.72 Å². The number of carbonyl (C=O) groups is 2. The van der Waals surface area contributed by atoms with Crippen molar-refractivity contribution in [3.8, 4) is 0 Å². The van der Waals surface area contributed by atoms with Crippen molar-refractivity contribution in [1.29, 1.82) is 0 Å². The molecule has 1 aliphatic rings. The molecule has 2 heterocycles. The summed E-state index contributed by atoms with van der Waals surface area (Å²) >= 11 is 0. The molecule has 0 aliphatic carbocycles. The van der Waals surface area contributed by atoms with Crippen LogP contribution in [0.2, 0.25) is 0 Å². The maximum absolute atomic E-state index is 11.3. The molecular formula is C10H5NO3. The first kappa shape index (κ1) is 7.32. The highest BCUT2D eigenvalue weighted by molar-refractivity contribution is 6.21. The Labute approximate surface area is 78.5 Å². The van der Waals surface area contributed by atoms with Gasteiger partial charge in [0.1, 0.15) is 11.3 Å². The van der Waals surface area contributed by atoms with Gasteiger partial charge in [-0.2, -0.15) is 0 Å². The van der Waals surface area contributed by atoms with Gasteiger partial charge in [-0.1, -0.05) is 18.2 Å². The zero-order chi connectivity index (χ0) is 9.71. The number of aromatic nitrogens is 1. The number of esters is 2. The third kappa shape index (κ3) is 0.724. The number of nitrogens with one attached hydrogen (secondary N) is 1. The number of rotatable bonds is 0. The van der Waals surface area contributed by atoms with Crippen LogP contribution in [0.25, 0.3) is 10.9 Å². The molecule has 1 aliphatic heterocycles. The Morgan fingerprint density at radius 3 is 2.71 bits per heavy atom. The molecule has 14 heavy (non-hydrogen) atoms. The van der Waals surface area contributed by atoms with Crippen LogP contribution < -0.4 is 0 Å². The zero-order valence-corrected chi connectivity index (χ0v) is 7.03. The molecule has 0 fully saturated rings. The molecule has 0 radical (unpaired) electrons. The largest absolute Gasteiger partial charge is 0.385 e. The van der Waals surface area contributed by atoms with Crippen molar-refractivity contribution in [2.24, 2.45) is 0 Å². The smallest absolute Gasteiger partial charge is 0.363 e. The quantitative estimate of drug-likeness (QED) is 0.502. The van der Waals surface area contributed by atoms with E-state index in [9.17, 15) is 9.59 Å². The maximum Gasteiger partial charge on any atom is 0.363 e. The van der Waals surface area contributed by atoms with E-state index >= 15 is 0 Å². The molecule has 0 bridgehead atoms. The highest BCUT2D eigenvalue weighted by Crippen LogP contribution is 2.27. The molecule has 4 nitrogen and oxygen atoms in total. The summed E-state index contributed by atoms with van der Waals surface area (Å²) in [6, 6.07) is 7.25. The maximum atomic E-state index is 11.3. The van der Waals surface area contributed by atoms with Gasteiger partial charge in [-0.15, -0.1) is 0 Å². The van der Waals surface area contributed by atoms with Crippen molar-refractivity contribution >= 4 is 22.8 Å². The van der Waals surface area contributed by atoms with E-state index in [1.54, 1.807) is 6.07 Å². The van der Waals surface area contributed by atoms with Gasteiger partial charge in [0.05, 0.1) is 0 Å². The van der Waals surface area contributed by atoms with E-state index in [0.717, 1.165) is 10.9 Å². The third-order valence-corrected chi connectivity index (χ3v) is 2.30. The fourth-order valence-corrected chi connectivity index (χ4v) is 1.69. The number of fused-ring (bicyclic) bond motifs is 3. The number of aromatic amines is 1. The fraction of sp³-hybridized carbons (Fsp3) is 0. The topological polar surface area (TPSA) is 59.2 Å². The van der Waals surface area contributed by atoms with E-state index in [0.29, 0.717) is 5.56 Å². The molecule has 0 saturated carbocycles. The Bertz CT molecular complexity index is 568. The standard InChI is InChI=1S/C10H5NO3/c12-9-7-5-3-1-2-4-6(5)11-8(7)10(13)14-9/h1-4,11H. The van der Waals surface area contributed by atoms with Gasteiger partial charge in [0.25, 0.3) is 0 Å². The second-order valence-electron chi connectivity index (χ2n) is 3.10. The van der Waals surface area contributed by atoms with Gasteiger partial charge in [0.2, 0.25) is 0 Å². The second kappa shape index (κ2) is 2.23. The van der Waals surface area contributed by atoms with Gasteiger partial charge in [-0.25, -0.2) is 9.59 Å². The van der Waals surface area contributed by atoms with Crippen molar-refractivity contribution in [3.63, 3.8) is 0 Å². The molecule has 0 amide bonds. The average molecular weight is 187 g/mol. The summed E-state index contributed by atoms with van der Waals surface area (Å²) in [5, 5.41) is 0.735. The minimum atomic E-state index is -0.596. The van der Waals surface area contributed by atoms with E-state index in [1.165, 1.54) is 0 Å². The Morgan fingerprint density at radius 1 is 1.07 bits per heavy atom. The van der Waals surface area contributed by atoms with E-state index in [1.807, 2.05) is 18.2 Å². The van der Waals surface area contributed by atoms with Crippen LogP contribution >= 0.6 is 0 Å². The normalized spacial score (nSPS) is 14.6. The lowest BCUT2D eigenvalue weighted by molar-refractivity contribution is 0.0442. The van der Waals surface area contributed by atoms with Crippen molar-refractivity contribution in [2.75, 3.05) is 0 Å². The predicted molar refractivity (Wildman–Crippen MR) is 48.0 cm³/mol. The van der Waals surface area contributed by atoms with Crippen LogP contribution in [-0.2, 0) is 4.74 Å². The van der Waals surface area contributed by atoms with Gasteiger partial charge in [0, 0.05) is 10.9 Å². The molecular weight excluding hydrogens is 182 g/mol. The Kier molecular flexibility index (Phi) is 1.16. The minimum absolute atomic E-state index is 0.260. The highest BCUT2D eigenvalue weighted by Gasteiger charge is 2.33. The van der Waals surface area contributed by atoms with Crippen molar-refractivity contribution in [2.45, 2.75) is 0 Å². The van der Waals surface area contributed by atoms with Crippen molar-refractivity contribution in [1.82, 2.24) is 4.98 Å². The summed E-state index contributed by atoms with van der Waals surface area (Å²) in [5.74, 6) is -1.16. The van der Waals surface area contributed by atoms with E-state index in [2.05, 4.69) is 9.72 Å². The van der Waals surface area contributed by atoms with Crippen molar-refractivity contribution in [3.05, 3.63) is 35.5 Å². The number of cyclic esters (lactones) is 2. The van der Waals surface area contributed by atoms with E-state index in [4.69, 9.17) is 0 Å². The molecule has 0 spiro atoms. The van der Waals surface area contributed by atoms with Crippen molar-refractivity contribution < 1.29 is 14.3 Å². The lowest BCUT2D eigenvalue weighted by atomic mass is 10.1. The van der Waals surface area contributed by atoms with Gasteiger partial charge in [-0.05, 0) is 6.07 Å². The predicted octanol–water partition coefficient (Wildman–Crippen LogP) is 1.48. The zero-order valence-electron chi connectivity index (χ0n) is 7.03. The van der Waals surface area contributed by atoms with Gasteiger partial charge in [0.15, 0.2) is 0 Å². The summed E-state index contributed by atoms with van der Waals surface area (Å²) in [4.78, 5) is 25.3. The first-order chi connectivity index (χ1) is 6.77. The molecule has 68 valence electrons. The number of H-pyrrole nitrogens is 1. The van der Waals surface area contributed by atoms with Crippen LogP contribution in [0.5, 0.6) is 0 Å². The Morgan fingerprint density at radius 2 is 1.86 bits per heavy atom. The van der Waals surface area contributed by atoms with Crippen LogP contribution in [0.15, 0.2) is 24.3 Å². The molecule has 1 N–H and O–H groups in total. The Hall–Kier alpha value is -2.10. The summed E-state index contributed by atoms with van der Waals surface area (Å²) in [6.45, 7) is 0. The number of para-hydroxylation sites is 1. The molecule has 2 aromatic rings. The van der Waals surface area contributed by atoms with Crippen LogP contribution in [-0.4, -0.2) is 16.9 Å². The highest BCUT2D eigenvalue weighted by atomic mass is 16.6.